The third-order valence-electron chi connectivity index (χ3n) is 3.83. The maximum atomic E-state index is 11.0. The first-order valence-corrected chi connectivity index (χ1v) is 8.68. The number of nitrogens with zero attached hydrogens (tertiary/aromatic N) is 4. The molecule has 0 bridgehead atoms. The number of halogens is 1. The van der Waals surface area contributed by atoms with E-state index in [-0.39, 0.29) is 5.69 Å². The summed E-state index contributed by atoms with van der Waals surface area (Å²) in [5.74, 6) is 0.511. The Bertz CT molecular complexity index is 1170. The molecule has 0 spiro atoms. The molecule has 2 aromatic carbocycles. The molecule has 0 radical (unpaired) electrons. The number of rotatable bonds is 4. The fraction of sp³-hybridized carbons (Fsp3) is 0. The van der Waals surface area contributed by atoms with E-state index in [1.807, 2.05) is 24.3 Å². The summed E-state index contributed by atoms with van der Waals surface area (Å²) >= 11 is 3.17. The molecule has 2 aromatic heterocycles. The van der Waals surface area contributed by atoms with E-state index in [1.165, 1.54) is 6.07 Å². The van der Waals surface area contributed by atoms with Crippen molar-refractivity contribution in [2.75, 3.05) is 0 Å². The van der Waals surface area contributed by atoms with E-state index in [0.717, 1.165) is 11.1 Å². The number of hydrogen-bond donors (Lipinski definition) is 0. The van der Waals surface area contributed by atoms with Gasteiger partial charge in [-0.15, -0.1) is 0 Å². The Kier molecular flexibility index (Phi) is 4.47. The van der Waals surface area contributed by atoms with Crippen LogP contribution >= 0.6 is 15.9 Å². The monoisotopic (exact) mass is 422 g/mol. The van der Waals surface area contributed by atoms with Crippen LogP contribution < -0.4 is 0 Å². The van der Waals surface area contributed by atoms with Crippen LogP contribution in [0.1, 0.15) is 5.56 Å². The van der Waals surface area contributed by atoms with Gasteiger partial charge in [-0.05, 0) is 51.8 Å². The molecular weight excluding hydrogens is 412 g/mol. The quantitative estimate of drug-likeness (QED) is 0.252. The molecule has 0 aliphatic rings. The number of aliphatic imine (C=N–C) groups is 1. The van der Waals surface area contributed by atoms with Gasteiger partial charge in [0.05, 0.1) is 15.1 Å². The Labute approximate surface area is 161 Å². The zero-order valence-electron chi connectivity index (χ0n) is 13.7. The number of nitro groups is 1. The summed E-state index contributed by atoms with van der Waals surface area (Å²) in [7, 11) is 0. The lowest BCUT2D eigenvalue weighted by molar-refractivity contribution is -0.385. The summed E-state index contributed by atoms with van der Waals surface area (Å²) in [4.78, 5) is 23.4. The Morgan fingerprint density at radius 1 is 1.11 bits per heavy atom. The van der Waals surface area contributed by atoms with Crippen molar-refractivity contribution in [1.29, 1.82) is 0 Å². The molecule has 27 heavy (non-hydrogen) atoms. The second-order valence-corrected chi connectivity index (χ2v) is 6.49. The highest BCUT2D eigenvalue weighted by atomic mass is 79.9. The van der Waals surface area contributed by atoms with E-state index in [0.29, 0.717) is 27.2 Å². The number of benzene rings is 2. The first-order valence-electron chi connectivity index (χ1n) is 7.89. The number of nitro benzene ring substituents is 1. The smallest absolute Gasteiger partial charge is 0.284 e. The highest BCUT2D eigenvalue weighted by Gasteiger charge is 2.12. The molecular formula is C19H11BrN4O3. The lowest BCUT2D eigenvalue weighted by atomic mass is 10.2. The zero-order chi connectivity index (χ0) is 18.8. The SMILES string of the molecule is O=[N+]([O-])c1cc(C=Nc2ccc3nc(-c4ccncc4)oc3c2)ccc1Br. The van der Waals surface area contributed by atoms with Crippen molar-refractivity contribution in [3.8, 4) is 11.5 Å². The summed E-state index contributed by atoms with van der Waals surface area (Å²) in [5.41, 5.74) is 3.45. The molecule has 0 amide bonds. The van der Waals surface area contributed by atoms with Gasteiger partial charge in [-0.2, -0.15) is 0 Å². The van der Waals surface area contributed by atoms with E-state index in [9.17, 15) is 10.1 Å². The Morgan fingerprint density at radius 2 is 1.93 bits per heavy atom. The molecule has 4 rings (SSSR count). The number of hydrogen-bond acceptors (Lipinski definition) is 6. The van der Waals surface area contributed by atoms with Gasteiger partial charge in [-0.3, -0.25) is 20.1 Å². The average molecular weight is 423 g/mol. The summed E-state index contributed by atoms with van der Waals surface area (Å²) in [6, 6.07) is 13.9. The van der Waals surface area contributed by atoms with Crippen molar-refractivity contribution >= 4 is 44.6 Å². The minimum Gasteiger partial charge on any atom is -0.436 e. The first kappa shape index (κ1) is 17.0. The number of aromatic nitrogens is 2. The molecule has 0 unspecified atom stereocenters. The zero-order valence-corrected chi connectivity index (χ0v) is 15.3. The minimum absolute atomic E-state index is 0.00775. The fourth-order valence-corrected chi connectivity index (χ4v) is 2.90. The van der Waals surface area contributed by atoms with Gasteiger partial charge in [0.15, 0.2) is 5.58 Å². The third-order valence-corrected chi connectivity index (χ3v) is 4.50. The number of fused-ring (bicyclic) bond motifs is 1. The Morgan fingerprint density at radius 3 is 2.70 bits per heavy atom. The van der Waals surface area contributed by atoms with Gasteiger partial charge in [0.25, 0.3) is 5.69 Å². The van der Waals surface area contributed by atoms with Crippen molar-refractivity contribution < 1.29 is 9.34 Å². The van der Waals surface area contributed by atoms with Crippen molar-refractivity contribution in [3.05, 3.63) is 81.1 Å². The van der Waals surface area contributed by atoms with Crippen LogP contribution in [0.4, 0.5) is 11.4 Å². The number of pyridine rings is 1. The molecule has 0 atom stereocenters. The van der Waals surface area contributed by atoms with Crippen LogP contribution in [0, 0.1) is 10.1 Å². The highest BCUT2D eigenvalue weighted by Crippen LogP contribution is 2.28. The first-order chi connectivity index (χ1) is 13.1. The highest BCUT2D eigenvalue weighted by molar-refractivity contribution is 9.10. The minimum atomic E-state index is -0.442. The van der Waals surface area contributed by atoms with Gasteiger partial charge in [0, 0.05) is 36.3 Å². The van der Waals surface area contributed by atoms with Crippen molar-refractivity contribution in [2.45, 2.75) is 0 Å². The van der Waals surface area contributed by atoms with Crippen LogP contribution in [-0.2, 0) is 0 Å². The van der Waals surface area contributed by atoms with Gasteiger partial charge >= 0.3 is 0 Å². The Hall–Kier alpha value is -3.39. The van der Waals surface area contributed by atoms with Crippen LogP contribution in [0.15, 0.2) is 74.8 Å². The largest absolute Gasteiger partial charge is 0.436 e. The van der Waals surface area contributed by atoms with E-state index in [2.05, 4.69) is 30.9 Å². The molecule has 0 aliphatic heterocycles. The van der Waals surface area contributed by atoms with Crippen LogP contribution in [-0.4, -0.2) is 21.1 Å². The van der Waals surface area contributed by atoms with Gasteiger partial charge in [-0.1, -0.05) is 6.07 Å². The molecule has 7 nitrogen and oxygen atoms in total. The fourth-order valence-electron chi connectivity index (χ4n) is 2.51. The van der Waals surface area contributed by atoms with Crippen LogP contribution in [0.25, 0.3) is 22.6 Å². The van der Waals surface area contributed by atoms with Gasteiger partial charge in [0.1, 0.15) is 5.52 Å². The molecule has 4 aromatic rings. The van der Waals surface area contributed by atoms with Crippen molar-refractivity contribution in [2.24, 2.45) is 4.99 Å². The summed E-state index contributed by atoms with van der Waals surface area (Å²) in [5, 5.41) is 11.0. The van der Waals surface area contributed by atoms with Gasteiger partial charge in [-0.25, -0.2) is 4.98 Å². The predicted molar refractivity (Wildman–Crippen MR) is 105 cm³/mol. The summed E-state index contributed by atoms with van der Waals surface area (Å²) < 4.78 is 6.23. The molecule has 0 saturated carbocycles. The van der Waals surface area contributed by atoms with E-state index < -0.39 is 4.92 Å². The van der Waals surface area contributed by atoms with E-state index in [1.54, 1.807) is 36.8 Å². The molecule has 2 heterocycles. The molecule has 132 valence electrons. The average Bonchev–Trinajstić information content (AvgIpc) is 3.11. The van der Waals surface area contributed by atoms with E-state index >= 15 is 0 Å². The van der Waals surface area contributed by atoms with Gasteiger partial charge in [0.2, 0.25) is 5.89 Å². The summed E-state index contributed by atoms with van der Waals surface area (Å²) in [6.07, 6.45) is 4.93. The predicted octanol–water partition coefficient (Wildman–Crippen LogP) is 5.31. The second-order valence-electron chi connectivity index (χ2n) is 5.63. The van der Waals surface area contributed by atoms with Crippen molar-refractivity contribution in [1.82, 2.24) is 9.97 Å². The third kappa shape index (κ3) is 3.61. The number of oxazole rings is 1. The summed E-state index contributed by atoms with van der Waals surface area (Å²) in [6.45, 7) is 0. The molecule has 0 aliphatic carbocycles. The molecule has 0 N–H and O–H groups in total. The molecule has 0 fully saturated rings. The topological polar surface area (TPSA) is 94.4 Å². The van der Waals surface area contributed by atoms with E-state index in [4.69, 9.17) is 4.42 Å². The standard InChI is InChI=1S/C19H11BrN4O3/c20-15-3-1-12(9-17(15)24(25)26)11-22-14-2-4-16-18(10-14)27-19(23-16)13-5-7-21-8-6-13/h1-11H. The van der Waals surface area contributed by atoms with Crippen LogP contribution in [0.2, 0.25) is 0 Å². The van der Waals surface area contributed by atoms with Gasteiger partial charge < -0.3 is 4.42 Å². The Balaban J connectivity index is 1.64. The molecule has 0 saturated heterocycles. The second kappa shape index (κ2) is 7.08. The normalized spacial score (nSPS) is 11.3. The van der Waals surface area contributed by atoms with Crippen LogP contribution in [0.3, 0.4) is 0 Å². The molecule has 8 heteroatoms. The lowest BCUT2D eigenvalue weighted by Crippen LogP contribution is -1.91. The lowest BCUT2D eigenvalue weighted by Gasteiger charge is -1.97. The maximum Gasteiger partial charge on any atom is 0.284 e. The van der Waals surface area contributed by atoms with Crippen LogP contribution in [0.5, 0.6) is 0 Å². The maximum absolute atomic E-state index is 11.0. The van der Waals surface area contributed by atoms with Crippen molar-refractivity contribution in [3.63, 3.8) is 0 Å².